The number of likely N-dealkylation sites (N-methyl/N-ethyl adjacent to an activating group) is 1. The molecule has 0 aliphatic heterocycles. The Labute approximate surface area is 187 Å². The lowest BCUT2D eigenvalue weighted by atomic mass is 9.94. The molecular formula is C24H30ClNO3S. The van der Waals surface area contributed by atoms with Gasteiger partial charge in [0.1, 0.15) is 6.61 Å². The number of ether oxygens (including phenoxy) is 2. The van der Waals surface area contributed by atoms with Crippen LogP contribution in [0.4, 0.5) is 0 Å². The first-order chi connectivity index (χ1) is 14.3. The zero-order chi connectivity index (χ0) is 21.6. The summed E-state index contributed by atoms with van der Waals surface area (Å²) in [5.74, 6) is 2.78. The maximum atomic E-state index is 13.1. The standard InChI is InChI=1S/C24H30ClNO3S/c1-13-20-15(12-16-21(20)24(16,2)3)23(30-13)18(27)7-6-14-10-17(25)22(19(11-14)28-5)29-9-8-26-4/h10-11,16,21,26H,6-9,12H2,1-5H3/t16-,21-/m1/s1. The van der Waals surface area contributed by atoms with E-state index in [4.69, 9.17) is 21.1 Å². The SMILES string of the molecule is CNCCOc1c(Cl)cc(CCC(=O)c2sc(C)c3c2C[C@@H]2[C@H]3C2(C)C)cc1OC. The molecule has 0 spiro atoms. The van der Waals surface area contributed by atoms with Gasteiger partial charge in [-0.1, -0.05) is 25.4 Å². The molecule has 30 heavy (non-hydrogen) atoms. The third-order valence-electron chi connectivity index (χ3n) is 6.80. The molecule has 1 aromatic heterocycles. The van der Waals surface area contributed by atoms with Crippen LogP contribution in [0.15, 0.2) is 12.1 Å². The zero-order valence-electron chi connectivity index (χ0n) is 18.4. The zero-order valence-corrected chi connectivity index (χ0v) is 19.9. The molecule has 1 heterocycles. The summed E-state index contributed by atoms with van der Waals surface area (Å²) < 4.78 is 11.2. The second-order valence-electron chi connectivity index (χ2n) is 8.97. The van der Waals surface area contributed by atoms with Crippen molar-refractivity contribution in [3.63, 3.8) is 0 Å². The summed E-state index contributed by atoms with van der Waals surface area (Å²) in [5.41, 5.74) is 4.20. The van der Waals surface area contributed by atoms with Gasteiger partial charge in [-0.15, -0.1) is 11.3 Å². The summed E-state index contributed by atoms with van der Waals surface area (Å²) in [5, 5.41) is 3.56. The van der Waals surface area contributed by atoms with E-state index in [2.05, 4.69) is 26.1 Å². The molecule has 1 N–H and O–H groups in total. The number of hydrogen-bond acceptors (Lipinski definition) is 5. The van der Waals surface area contributed by atoms with Gasteiger partial charge in [-0.2, -0.15) is 0 Å². The number of ketones is 1. The molecule has 1 saturated carbocycles. The van der Waals surface area contributed by atoms with Gasteiger partial charge < -0.3 is 14.8 Å². The van der Waals surface area contributed by atoms with Gasteiger partial charge in [0, 0.05) is 17.8 Å². The number of hydrogen-bond donors (Lipinski definition) is 1. The fraction of sp³-hybridized carbons (Fsp3) is 0.542. The molecule has 2 aliphatic carbocycles. The van der Waals surface area contributed by atoms with Crippen molar-refractivity contribution in [2.24, 2.45) is 11.3 Å². The number of aryl methyl sites for hydroxylation is 2. The van der Waals surface area contributed by atoms with E-state index in [9.17, 15) is 4.79 Å². The summed E-state index contributed by atoms with van der Waals surface area (Å²) in [6.07, 6.45) is 2.18. The van der Waals surface area contributed by atoms with Gasteiger partial charge in [0.05, 0.1) is 17.0 Å². The van der Waals surface area contributed by atoms with E-state index in [1.54, 1.807) is 18.4 Å². The molecule has 1 fully saturated rings. The average molecular weight is 448 g/mol. The van der Waals surface area contributed by atoms with Crippen molar-refractivity contribution in [3.05, 3.63) is 43.6 Å². The third kappa shape index (κ3) is 3.65. The van der Waals surface area contributed by atoms with Crippen molar-refractivity contribution in [1.82, 2.24) is 5.32 Å². The minimum absolute atomic E-state index is 0.243. The van der Waals surface area contributed by atoms with Gasteiger partial charge >= 0.3 is 0 Å². The number of nitrogens with one attached hydrogen (secondary N) is 1. The minimum Gasteiger partial charge on any atom is -0.493 e. The maximum absolute atomic E-state index is 13.1. The van der Waals surface area contributed by atoms with E-state index in [1.165, 1.54) is 16.0 Å². The van der Waals surface area contributed by atoms with Crippen LogP contribution in [0.1, 0.15) is 57.4 Å². The molecule has 4 rings (SSSR count). The third-order valence-corrected chi connectivity index (χ3v) is 8.29. The highest BCUT2D eigenvalue weighted by Crippen LogP contribution is 2.71. The van der Waals surface area contributed by atoms with Crippen LogP contribution < -0.4 is 14.8 Å². The molecule has 0 amide bonds. The quantitative estimate of drug-likeness (QED) is 0.411. The molecule has 6 heteroatoms. The van der Waals surface area contributed by atoms with Gasteiger partial charge in [-0.3, -0.25) is 4.79 Å². The molecule has 162 valence electrons. The molecule has 0 radical (unpaired) electrons. The predicted octanol–water partition coefficient (Wildman–Crippen LogP) is 5.43. The van der Waals surface area contributed by atoms with Crippen molar-refractivity contribution in [2.45, 2.75) is 46.0 Å². The van der Waals surface area contributed by atoms with Crippen LogP contribution >= 0.6 is 22.9 Å². The number of halogens is 1. The van der Waals surface area contributed by atoms with Crippen LogP contribution in [0, 0.1) is 18.3 Å². The van der Waals surface area contributed by atoms with Crippen molar-refractivity contribution in [3.8, 4) is 11.5 Å². The van der Waals surface area contributed by atoms with Crippen LogP contribution in [-0.4, -0.2) is 33.1 Å². The van der Waals surface area contributed by atoms with E-state index >= 15 is 0 Å². The monoisotopic (exact) mass is 447 g/mol. The van der Waals surface area contributed by atoms with Gasteiger partial charge in [-0.05, 0) is 72.9 Å². The summed E-state index contributed by atoms with van der Waals surface area (Å²) in [4.78, 5) is 15.4. The van der Waals surface area contributed by atoms with Crippen molar-refractivity contribution in [2.75, 3.05) is 27.3 Å². The summed E-state index contributed by atoms with van der Waals surface area (Å²) in [6, 6.07) is 3.81. The highest BCUT2D eigenvalue weighted by atomic mass is 35.5. The molecular weight excluding hydrogens is 418 g/mol. The molecule has 0 bridgehead atoms. The molecule has 2 atom stereocenters. The molecule has 2 aromatic rings. The Morgan fingerprint density at radius 1 is 1.37 bits per heavy atom. The van der Waals surface area contributed by atoms with Crippen LogP contribution in [0.5, 0.6) is 11.5 Å². The number of methoxy groups -OCH3 is 1. The van der Waals surface area contributed by atoms with Gasteiger partial charge in [0.25, 0.3) is 0 Å². The predicted molar refractivity (Wildman–Crippen MR) is 123 cm³/mol. The highest BCUT2D eigenvalue weighted by molar-refractivity contribution is 7.14. The number of Topliss-reactive ketones (excluding diaryl/α,β-unsaturated/α-hetero) is 1. The number of carbonyl (C=O) groups is 1. The van der Waals surface area contributed by atoms with Gasteiger partial charge in [0.2, 0.25) is 0 Å². The average Bonchev–Trinajstić information content (AvgIpc) is 3.04. The largest absolute Gasteiger partial charge is 0.493 e. The fourth-order valence-electron chi connectivity index (χ4n) is 5.04. The summed E-state index contributed by atoms with van der Waals surface area (Å²) in [7, 11) is 3.48. The topological polar surface area (TPSA) is 47.6 Å². The second-order valence-corrected chi connectivity index (χ2v) is 10.6. The Morgan fingerprint density at radius 3 is 2.83 bits per heavy atom. The molecule has 2 aliphatic rings. The second kappa shape index (κ2) is 8.18. The van der Waals surface area contributed by atoms with Crippen LogP contribution in [0.25, 0.3) is 0 Å². The van der Waals surface area contributed by atoms with E-state index < -0.39 is 0 Å². The van der Waals surface area contributed by atoms with Gasteiger partial charge in [0.15, 0.2) is 17.3 Å². The lowest BCUT2D eigenvalue weighted by Crippen LogP contribution is -2.16. The summed E-state index contributed by atoms with van der Waals surface area (Å²) >= 11 is 8.13. The Hall–Kier alpha value is -1.56. The van der Waals surface area contributed by atoms with Crippen molar-refractivity contribution < 1.29 is 14.3 Å². The Kier molecular flexibility index (Phi) is 5.90. The number of carbonyl (C=O) groups excluding carboxylic acids is 1. The highest BCUT2D eigenvalue weighted by Gasteiger charge is 2.63. The summed E-state index contributed by atoms with van der Waals surface area (Å²) in [6.45, 7) is 8.11. The van der Waals surface area contributed by atoms with Crippen LogP contribution in [0.2, 0.25) is 5.02 Å². The lowest BCUT2D eigenvalue weighted by Gasteiger charge is -2.14. The Bertz CT molecular complexity index is 981. The van der Waals surface area contributed by atoms with Crippen molar-refractivity contribution >= 4 is 28.7 Å². The van der Waals surface area contributed by atoms with Crippen molar-refractivity contribution in [1.29, 1.82) is 0 Å². The first kappa shape index (κ1) is 21.7. The minimum atomic E-state index is 0.243. The molecule has 1 aromatic carbocycles. The normalized spacial score (nSPS) is 20.6. The lowest BCUT2D eigenvalue weighted by molar-refractivity contribution is 0.0985. The van der Waals surface area contributed by atoms with E-state index in [-0.39, 0.29) is 5.78 Å². The molecule has 4 nitrogen and oxygen atoms in total. The number of rotatable bonds is 9. The van der Waals surface area contributed by atoms with E-state index in [0.717, 1.165) is 29.3 Å². The number of benzene rings is 1. The Balaban J connectivity index is 1.46. The Morgan fingerprint density at radius 2 is 2.13 bits per heavy atom. The fourth-order valence-corrected chi connectivity index (χ4v) is 6.53. The van der Waals surface area contributed by atoms with E-state index in [0.29, 0.717) is 47.3 Å². The molecule has 0 unspecified atom stereocenters. The van der Waals surface area contributed by atoms with E-state index in [1.807, 2.05) is 19.2 Å². The molecule has 0 saturated heterocycles. The number of thiophene rings is 1. The van der Waals surface area contributed by atoms with Crippen LogP contribution in [0.3, 0.4) is 0 Å². The van der Waals surface area contributed by atoms with Crippen LogP contribution in [-0.2, 0) is 12.8 Å². The maximum Gasteiger partial charge on any atom is 0.179 e. The smallest absolute Gasteiger partial charge is 0.179 e. The van der Waals surface area contributed by atoms with Gasteiger partial charge in [-0.25, -0.2) is 0 Å². The first-order valence-corrected chi connectivity index (χ1v) is 11.8. The first-order valence-electron chi connectivity index (χ1n) is 10.6. The number of fused-ring (bicyclic) bond motifs is 3.